The minimum absolute atomic E-state index is 0.357. The summed E-state index contributed by atoms with van der Waals surface area (Å²) < 4.78 is 5.05. The molecule has 1 heterocycles. The highest BCUT2D eigenvalue weighted by Gasteiger charge is 2.17. The molecule has 0 radical (unpaired) electrons. The van der Waals surface area contributed by atoms with Crippen molar-refractivity contribution < 1.29 is 14.3 Å². The van der Waals surface area contributed by atoms with E-state index in [1.807, 2.05) is 0 Å². The Morgan fingerprint density at radius 1 is 1.20 bits per heavy atom. The Bertz CT molecular complexity index is 584. The summed E-state index contributed by atoms with van der Waals surface area (Å²) in [5.41, 5.74) is 3.33. The highest BCUT2D eigenvalue weighted by atomic mass is 16.5. The predicted molar refractivity (Wildman–Crippen MR) is 73.2 cm³/mol. The molecule has 20 heavy (non-hydrogen) atoms. The fourth-order valence-electron chi connectivity index (χ4n) is 1.66. The summed E-state index contributed by atoms with van der Waals surface area (Å²) in [5.74, 6) is 0.306. The van der Waals surface area contributed by atoms with Crippen LogP contribution in [0.25, 0.3) is 0 Å². The summed E-state index contributed by atoms with van der Waals surface area (Å²) in [6.45, 7) is 0. The molecule has 0 atom stereocenters. The van der Waals surface area contributed by atoms with Gasteiger partial charge in [0.1, 0.15) is 5.75 Å². The van der Waals surface area contributed by atoms with E-state index >= 15 is 0 Å². The number of hydrogen-bond donors (Lipinski definition) is 1. The first-order valence-electron chi connectivity index (χ1n) is 5.84. The van der Waals surface area contributed by atoms with Crippen LogP contribution in [0.3, 0.4) is 0 Å². The summed E-state index contributed by atoms with van der Waals surface area (Å²) in [4.78, 5) is 26.9. The van der Waals surface area contributed by atoms with Crippen molar-refractivity contribution in [1.82, 2.24) is 10.4 Å². The topological polar surface area (TPSA) is 71.5 Å². The highest BCUT2D eigenvalue weighted by molar-refractivity contribution is 6.06. The van der Waals surface area contributed by atoms with Gasteiger partial charge < -0.3 is 4.74 Å². The zero-order valence-electron chi connectivity index (χ0n) is 10.8. The lowest BCUT2D eigenvalue weighted by Crippen LogP contribution is -2.42. The molecule has 2 amide bonds. The van der Waals surface area contributed by atoms with Gasteiger partial charge in [0.2, 0.25) is 6.41 Å². The van der Waals surface area contributed by atoms with E-state index < -0.39 is 0 Å². The summed E-state index contributed by atoms with van der Waals surface area (Å²) in [7, 11) is 1.55. The molecule has 0 bridgehead atoms. The Labute approximate surface area is 116 Å². The van der Waals surface area contributed by atoms with Gasteiger partial charge in [-0.3, -0.25) is 20.0 Å². The molecule has 6 nitrogen and oxygen atoms in total. The first-order chi connectivity index (χ1) is 9.76. The van der Waals surface area contributed by atoms with Crippen molar-refractivity contribution in [2.24, 2.45) is 0 Å². The van der Waals surface area contributed by atoms with E-state index in [9.17, 15) is 9.59 Å². The van der Waals surface area contributed by atoms with Crippen molar-refractivity contribution in [3.63, 3.8) is 0 Å². The van der Waals surface area contributed by atoms with Gasteiger partial charge in [-0.25, -0.2) is 5.01 Å². The van der Waals surface area contributed by atoms with Gasteiger partial charge in [0, 0.05) is 18.0 Å². The van der Waals surface area contributed by atoms with E-state index in [-0.39, 0.29) is 5.91 Å². The Hall–Kier alpha value is -2.89. The lowest BCUT2D eigenvalue weighted by atomic mass is 10.2. The third kappa shape index (κ3) is 2.92. The van der Waals surface area contributed by atoms with E-state index in [0.29, 0.717) is 23.4 Å². The monoisotopic (exact) mass is 271 g/mol. The summed E-state index contributed by atoms with van der Waals surface area (Å²) in [6.07, 6.45) is 3.48. The number of ether oxygens (including phenoxy) is 1. The molecule has 6 heteroatoms. The van der Waals surface area contributed by atoms with Crippen LogP contribution in [0.2, 0.25) is 0 Å². The third-order valence-electron chi connectivity index (χ3n) is 2.64. The number of anilines is 1. The molecule has 0 spiro atoms. The number of hydrazine groups is 1. The average molecular weight is 271 g/mol. The Kier molecular flexibility index (Phi) is 4.28. The molecule has 0 saturated heterocycles. The number of nitrogens with zero attached hydrogens (tertiary/aromatic N) is 2. The minimum atomic E-state index is -0.357. The second-order valence-electron chi connectivity index (χ2n) is 3.82. The van der Waals surface area contributed by atoms with Gasteiger partial charge >= 0.3 is 0 Å². The van der Waals surface area contributed by atoms with Gasteiger partial charge in [-0.05, 0) is 36.4 Å². The van der Waals surface area contributed by atoms with Crippen LogP contribution >= 0.6 is 0 Å². The van der Waals surface area contributed by atoms with Crippen LogP contribution in [-0.2, 0) is 4.79 Å². The van der Waals surface area contributed by atoms with Crippen molar-refractivity contribution in [3.05, 3.63) is 54.4 Å². The van der Waals surface area contributed by atoms with Crippen molar-refractivity contribution in [3.8, 4) is 5.75 Å². The maximum Gasteiger partial charge on any atom is 0.277 e. The lowest BCUT2D eigenvalue weighted by molar-refractivity contribution is -0.109. The number of carbonyl (C=O) groups is 2. The molecule has 102 valence electrons. The van der Waals surface area contributed by atoms with Gasteiger partial charge in [-0.15, -0.1) is 0 Å². The molecular formula is C14H13N3O3. The normalized spacial score (nSPS) is 9.65. The SMILES string of the molecule is COc1ccc(N(NC=O)C(=O)c2ccncc2)cc1. The molecule has 0 unspecified atom stereocenters. The second kappa shape index (κ2) is 6.33. The number of pyridine rings is 1. The summed E-state index contributed by atoms with van der Waals surface area (Å²) in [5, 5.41) is 1.15. The van der Waals surface area contributed by atoms with Crippen molar-refractivity contribution >= 4 is 18.0 Å². The number of amides is 2. The van der Waals surface area contributed by atoms with Gasteiger partial charge in [0.05, 0.1) is 12.8 Å². The maximum atomic E-state index is 12.3. The molecule has 2 aromatic rings. The van der Waals surface area contributed by atoms with Crippen LogP contribution in [0.4, 0.5) is 5.69 Å². The van der Waals surface area contributed by atoms with Crippen LogP contribution < -0.4 is 15.2 Å². The third-order valence-corrected chi connectivity index (χ3v) is 2.64. The quantitative estimate of drug-likeness (QED) is 0.659. The summed E-state index contributed by atoms with van der Waals surface area (Å²) in [6, 6.07) is 9.91. The van der Waals surface area contributed by atoms with Crippen LogP contribution in [-0.4, -0.2) is 24.4 Å². The molecule has 0 aliphatic heterocycles. The van der Waals surface area contributed by atoms with Gasteiger partial charge in [0.15, 0.2) is 0 Å². The first kappa shape index (κ1) is 13.5. The Balaban J connectivity index is 2.30. The van der Waals surface area contributed by atoms with Crippen molar-refractivity contribution in [2.45, 2.75) is 0 Å². The fraction of sp³-hybridized carbons (Fsp3) is 0.0714. The zero-order valence-corrected chi connectivity index (χ0v) is 10.8. The summed E-state index contributed by atoms with van der Waals surface area (Å²) >= 11 is 0. The van der Waals surface area contributed by atoms with E-state index in [1.54, 1.807) is 43.5 Å². The van der Waals surface area contributed by atoms with Crippen LogP contribution in [0.1, 0.15) is 10.4 Å². The Morgan fingerprint density at radius 2 is 1.85 bits per heavy atom. The smallest absolute Gasteiger partial charge is 0.277 e. The molecule has 1 aromatic carbocycles. The Morgan fingerprint density at radius 3 is 2.40 bits per heavy atom. The van der Waals surface area contributed by atoms with E-state index in [2.05, 4.69) is 10.4 Å². The number of aromatic nitrogens is 1. The molecular weight excluding hydrogens is 258 g/mol. The van der Waals surface area contributed by atoms with Gasteiger partial charge in [-0.1, -0.05) is 0 Å². The number of nitrogens with one attached hydrogen (secondary N) is 1. The molecule has 0 saturated carbocycles. The molecule has 0 aliphatic rings. The number of hydrogen-bond acceptors (Lipinski definition) is 4. The minimum Gasteiger partial charge on any atom is -0.497 e. The first-order valence-corrected chi connectivity index (χ1v) is 5.84. The van der Waals surface area contributed by atoms with E-state index in [0.717, 1.165) is 5.01 Å². The van der Waals surface area contributed by atoms with Gasteiger partial charge in [0.25, 0.3) is 5.91 Å². The standard InChI is InChI=1S/C14H13N3O3/c1-20-13-4-2-12(3-5-13)17(16-10-18)14(19)11-6-8-15-9-7-11/h2-10H,1H3,(H,16,18). The second-order valence-corrected chi connectivity index (χ2v) is 3.82. The van der Waals surface area contributed by atoms with E-state index in [4.69, 9.17) is 4.74 Å². The van der Waals surface area contributed by atoms with Crippen molar-refractivity contribution in [1.29, 1.82) is 0 Å². The molecule has 0 fully saturated rings. The maximum absolute atomic E-state index is 12.3. The van der Waals surface area contributed by atoms with Gasteiger partial charge in [-0.2, -0.15) is 0 Å². The number of carbonyl (C=O) groups excluding carboxylic acids is 2. The average Bonchev–Trinajstić information content (AvgIpc) is 2.53. The number of rotatable bonds is 5. The fourth-order valence-corrected chi connectivity index (χ4v) is 1.66. The lowest BCUT2D eigenvalue weighted by Gasteiger charge is -2.21. The van der Waals surface area contributed by atoms with Crippen molar-refractivity contribution in [2.75, 3.05) is 12.1 Å². The van der Waals surface area contributed by atoms with Crippen LogP contribution in [0, 0.1) is 0 Å². The zero-order chi connectivity index (χ0) is 14.4. The van der Waals surface area contributed by atoms with E-state index in [1.165, 1.54) is 12.4 Å². The van der Waals surface area contributed by atoms with Crippen LogP contribution in [0.5, 0.6) is 5.75 Å². The highest BCUT2D eigenvalue weighted by Crippen LogP contribution is 2.19. The molecule has 2 rings (SSSR count). The largest absolute Gasteiger partial charge is 0.497 e. The molecule has 1 N–H and O–H groups in total. The number of methoxy groups -OCH3 is 1. The van der Waals surface area contributed by atoms with Crippen LogP contribution in [0.15, 0.2) is 48.8 Å². The number of benzene rings is 1. The molecule has 0 aliphatic carbocycles. The molecule has 1 aromatic heterocycles. The predicted octanol–water partition coefficient (Wildman–Crippen LogP) is 1.40.